The van der Waals surface area contributed by atoms with E-state index in [1.54, 1.807) is 15.8 Å². The molecule has 0 unspecified atom stereocenters. The quantitative estimate of drug-likeness (QED) is 0.666. The van der Waals surface area contributed by atoms with Crippen molar-refractivity contribution in [3.8, 4) is 11.6 Å². The molecule has 0 N–H and O–H groups in total. The fourth-order valence-corrected chi connectivity index (χ4v) is 3.57. The molecule has 5 rings (SSSR count). The monoisotopic (exact) mass is 402 g/mol. The van der Waals surface area contributed by atoms with E-state index in [1.165, 1.54) is 18.2 Å². The normalized spacial score (nSPS) is 19.4. The first kappa shape index (κ1) is 17.3. The van der Waals surface area contributed by atoms with Crippen LogP contribution in [-0.2, 0) is 0 Å². The highest BCUT2D eigenvalue weighted by molar-refractivity contribution is 6.33. The Hall–Kier alpha value is -2.81. The fraction of sp³-hybridized carbons (Fsp3) is 0.389. The molecule has 1 amide bonds. The van der Waals surface area contributed by atoms with E-state index in [2.05, 4.69) is 20.5 Å². The number of carbonyl (C=O) groups is 1. The molecule has 2 aromatic heterocycles. The van der Waals surface area contributed by atoms with Crippen LogP contribution in [0.2, 0.25) is 5.02 Å². The van der Waals surface area contributed by atoms with Crippen LogP contribution in [0.3, 0.4) is 0 Å². The molecule has 1 saturated heterocycles. The van der Waals surface area contributed by atoms with Crippen LogP contribution >= 0.6 is 11.6 Å². The number of rotatable bonds is 4. The summed E-state index contributed by atoms with van der Waals surface area (Å²) in [6, 6.07) is 3.75. The second-order valence-corrected chi connectivity index (χ2v) is 7.54. The van der Waals surface area contributed by atoms with Crippen LogP contribution in [0.25, 0.3) is 11.6 Å². The molecule has 28 heavy (non-hydrogen) atoms. The minimum absolute atomic E-state index is 0.0386. The molecule has 1 atom stereocenters. The summed E-state index contributed by atoms with van der Waals surface area (Å²) in [5.41, 5.74) is 0.678. The summed E-state index contributed by atoms with van der Waals surface area (Å²) in [6.45, 7) is 0.962. The number of hydrogen-bond acceptors (Lipinski definition) is 6. The molecular formula is C18H16ClFN6O2. The maximum absolute atomic E-state index is 13.5. The van der Waals surface area contributed by atoms with E-state index in [0.717, 1.165) is 12.8 Å². The molecule has 3 aromatic rings. The standard InChI is InChI=1S/C18H16ClFN6O2/c19-14-4-3-11(20)7-13(14)18(27)25-6-5-12(8-25)26-9-15(22-24-26)17-21-16(23-28-17)10-1-2-10/h3-4,7,9-10,12H,1-2,5-6,8H2/t12-/m1/s1. The predicted molar refractivity (Wildman–Crippen MR) is 96.3 cm³/mol. The third-order valence-electron chi connectivity index (χ3n) is 5.10. The van der Waals surface area contributed by atoms with Crippen molar-refractivity contribution >= 4 is 17.5 Å². The van der Waals surface area contributed by atoms with Crippen LogP contribution in [0.15, 0.2) is 28.9 Å². The Morgan fingerprint density at radius 3 is 2.96 bits per heavy atom. The van der Waals surface area contributed by atoms with Gasteiger partial charge in [-0.25, -0.2) is 9.07 Å². The number of benzene rings is 1. The molecule has 2 aliphatic rings. The van der Waals surface area contributed by atoms with Gasteiger partial charge in [-0.1, -0.05) is 22.0 Å². The lowest BCUT2D eigenvalue weighted by atomic mass is 10.2. The van der Waals surface area contributed by atoms with Crippen molar-refractivity contribution in [1.29, 1.82) is 0 Å². The summed E-state index contributed by atoms with van der Waals surface area (Å²) in [5.74, 6) is 0.684. The van der Waals surface area contributed by atoms with Gasteiger partial charge in [0, 0.05) is 19.0 Å². The molecule has 0 radical (unpaired) electrons. The van der Waals surface area contributed by atoms with Gasteiger partial charge in [0.1, 0.15) is 5.82 Å². The zero-order chi connectivity index (χ0) is 19.3. The van der Waals surface area contributed by atoms with Gasteiger partial charge in [-0.05, 0) is 37.5 Å². The minimum atomic E-state index is -0.491. The number of halogens is 2. The summed E-state index contributed by atoms with van der Waals surface area (Å²) in [6.07, 6.45) is 4.64. The van der Waals surface area contributed by atoms with Crippen LogP contribution in [0.5, 0.6) is 0 Å². The van der Waals surface area contributed by atoms with Crippen molar-refractivity contribution in [2.75, 3.05) is 13.1 Å². The van der Waals surface area contributed by atoms with Crippen molar-refractivity contribution in [2.45, 2.75) is 31.2 Å². The van der Waals surface area contributed by atoms with Gasteiger partial charge in [0.25, 0.3) is 11.8 Å². The smallest absolute Gasteiger partial charge is 0.280 e. The van der Waals surface area contributed by atoms with Crippen LogP contribution in [0.4, 0.5) is 4.39 Å². The van der Waals surface area contributed by atoms with Gasteiger partial charge in [-0.2, -0.15) is 4.98 Å². The van der Waals surface area contributed by atoms with Crippen molar-refractivity contribution in [2.24, 2.45) is 0 Å². The average molecular weight is 403 g/mol. The van der Waals surface area contributed by atoms with Crippen LogP contribution in [-0.4, -0.2) is 49.0 Å². The third-order valence-corrected chi connectivity index (χ3v) is 5.43. The van der Waals surface area contributed by atoms with Crippen LogP contribution < -0.4 is 0 Å². The van der Waals surface area contributed by atoms with Crippen molar-refractivity contribution in [1.82, 2.24) is 30.0 Å². The number of nitrogens with zero attached hydrogens (tertiary/aromatic N) is 6. The third kappa shape index (κ3) is 3.15. The number of amides is 1. The van der Waals surface area contributed by atoms with E-state index in [4.69, 9.17) is 16.1 Å². The zero-order valence-corrected chi connectivity index (χ0v) is 15.5. The van der Waals surface area contributed by atoms with Crippen LogP contribution in [0.1, 0.15) is 47.4 Å². The van der Waals surface area contributed by atoms with E-state index in [9.17, 15) is 9.18 Å². The van der Waals surface area contributed by atoms with Crippen LogP contribution in [0, 0.1) is 5.82 Å². The maximum Gasteiger partial charge on any atom is 0.280 e. The van der Waals surface area contributed by atoms with Crippen molar-refractivity contribution < 1.29 is 13.7 Å². The molecule has 10 heteroatoms. The Balaban J connectivity index is 1.30. The summed E-state index contributed by atoms with van der Waals surface area (Å²) >= 11 is 6.06. The van der Waals surface area contributed by atoms with Gasteiger partial charge in [0.15, 0.2) is 11.5 Å². The van der Waals surface area contributed by atoms with E-state index in [0.29, 0.717) is 42.8 Å². The predicted octanol–water partition coefficient (Wildman–Crippen LogP) is 3.09. The Kier molecular flexibility index (Phi) is 4.12. The Morgan fingerprint density at radius 1 is 1.29 bits per heavy atom. The van der Waals surface area contributed by atoms with Gasteiger partial charge in [0.2, 0.25) is 0 Å². The van der Waals surface area contributed by atoms with E-state index < -0.39 is 5.82 Å². The molecule has 8 nitrogen and oxygen atoms in total. The number of carbonyl (C=O) groups excluding carboxylic acids is 1. The Morgan fingerprint density at radius 2 is 2.14 bits per heavy atom. The summed E-state index contributed by atoms with van der Waals surface area (Å²) in [4.78, 5) is 18.7. The summed E-state index contributed by atoms with van der Waals surface area (Å²) < 4.78 is 20.5. The fourth-order valence-electron chi connectivity index (χ4n) is 3.37. The molecular weight excluding hydrogens is 387 g/mol. The molecule has 1 aliphatic carbocycles. The second kappa shape index (κ2) is 6.66. The summed E-state index contributed by atoms with van der Waals surface area (Å²) in [7, 11) is 0. The highest BCUT2D eigenvalue weighted by Crippen LogP contribution is 2.38. The first-order valence-corrected chi connectivity index (χ1v) is 9.46. The molecule has 0 spiro atoms. The largest absolute Gasteiger partial charge is 0.336 e. The van der Waals surface area contributed by atoms with Gasteiger partial charge >= 0.3 is 0 Å². The van der Waals surface area contributed by atoms with Crippen molar-refractivity contribution in [3.05, 3.63) is 46.6 Å². The number of aromatic nitrogens is 5. The first-order valence-electron chi connectivity index (χ1n) is 9.08. The molecule has 1 aromatic carbocycles. The average Bonchev–Trinajstić information content (AvgIpc) is 3.12. The number of hydrogen-bond donors (Lipinski definition) is 0. The minimum Gasteiger partial charge on any atom is -0.336 e. The molecule has 1 aliphatic heterocycles. The van der Waals surface area contributed by atoms with Gasteiger partial charge in [-0.15, -0.1) is 5.10 Å². The molecule has 144 valence electrons. The molecule has 3 heterocycles. The van der Waals surface area contributed by atoms with Gasteiger partial charge in [0.05, 0.1) is 22.8 Å². The second-order valence-electron chi connectivity index (χ2n) is 7.13. The van der Waals surface area contributed by atoms with E-state index >= 15 is 0 Å². The number of likely N-dealkylation sites (tertiary alicyclic amines) is 1. The lowest BCUT2D eigenvalue weighted by molar-refractivity contribution is 0.0786. The SMILES string of the molecule is O=C(c1cc(F)ccc1Cl)N1CC[C@@H](n2cc(-c3nc(C4CC4)no3)nn2)C1. The van der Waals surface area contributed by atoms with Gasteiger partial charge in [-0.3, -0.25) is 4.79 Å². The lowest BCUT2D eigenvalue weighted by Gasteiger charge is -2.17. The maximum atomic E-state index is 13.5. The zero-order valence-electron chi connectivity index (χ0n) is 14.8. The highest BCUT2D eigenvalue weighted by Gasteiger charge is 2.32. The topological polar surface area (TPSA) is 89.9 Å². The molecule has 1 saturated carbocycles. The Bertz CT molecular complexity index is 1050. The molecule has 0 bridgehead atoms. The highest BCUT2D eigenvalue weighted by atomic mass is 35.5. The lowest BCUT2D eigenvalue weighted by Crippen LogP contribution is -2.29. The van der Waals surface area contributed by atoms with Crippen molar-refractivity contribution in [3.63, 3.8) is 0 Å². The van der Waals surface area contributed by atoms with E-state index in [1.807, 2.05) is 0 Å². The van der Waals surface area contributed by atoms with Gasteiger partial charge < -0.3 is 9.42 Å². The summed E-state index contributed by atoms with van der Waals surface area (Å²) in [5, 5.41) is 12.5. The Labute approximate surface area is 164 Å². The van der Waals surface area contributed by atoms with E-state index in [-0.39, 0.29) is 22.5 Å². The molecule has 2 fully saturated rings. The first-order chi connectivity index (χ1) is 13.6.